The lowest BCUT2D eigenvalue weighted by molar-refractivity contribution is -0.315. The zero-order valence-corrected chi connectivity index (χ0v) is 7.80. The molecule has 66 valence electrons. The molecule has 0 spiro atoms. The van der Waals surface area contributed by atoms with E-state index in [0.717, 1.165) is 0 Å². The molecule has 0 fully saturated rings. The molecule has 2 nitrogen and oxygen atoms in total. The molecule has 0 saturated heterocycles. The van der Waals surface area contributed by atoms with Crippen molar-refractivity contribution in [2.24, 2.45) is 5.41 Å². The normalized spacial score (nSPS) is 28.3. The average molecular weight is 234 g/mol. The Bertz CT molecular complexity index is 260. The lowest BCUT2D eigenvalue weighted by Crippen LogP contribution is -2.43. The lowest BCUT2D eigenvalue weighted by atomic mass is 9.83. The summed E-state index contributed by atoms with van der Waals surface area (Å²) in [6, 6.07) is 0. The Kier molecular flexibility index (Phi) is 2.67. The van der Waals surface area contributed by atoms with Crippen LogP contribution in [0.4, 0.5) is 4.39 Å². The summed E-state index contributed by atoms with van der Waals surface area (Å²) in [5.74, 6) is -1.68. The van der Waals surface area contributed by atoms with Gasteiger partial charge in [-0.05, 0) is 6.08 Å². The third kappa shape index (κ3) is 1.58. The lowest BCUT2D eigenvalue weighted by Gasteiger charge is -2.30. The van der Waals surface area contributed by atoms with Gasteiger partial charge in [-0.2, -0.15) is 0 Å². The van der Waals surface area contributed by atoms with E-state index in [1.54, 1.807) is 0 Å². The van der Waals surface area contributed by atoms with Crippen LogP contribution in [0.15, 0.2) is 24.1 Å². The molecule has 0 aromatic rings. The summed E-state index contributed by atoms with van der Waals surface area (Å²) in [5.41, 5.74) is -1.21. The van der Waals surface area contributed by atoms with E-state index in [1.165, 1.54) is 18.2 Å². The molecule has 1 aliphatic carbocycles. The fourth-order valence-corrected chi connectivity index (χ4v) is 1.66. The number of aliphatic carboxylic acids is 1. The molecule has 1 aliphatic rings. The molecule has 12 heavy (non-hydrogen) atoms. The summed E-state index contributed by atoms with van der Waals surface area (Å²) < 4.78 is 12.7. The zero-order chi connectivity index (χ0) is 9.19. The van der Waals surface area contributed by atoms with Crippen LogP contribution < -0.4 is 5.11 Å². The largest absolute Gasteiger partial charge is 0.549 e. The number of carboxylic acid groups (broad SMARTS) is 1. The van der Waals surface area contributed by atoms with Crippen LogP contribution >= 0.6 is 15.9 Å². The Morgan fingerprint density at radius 3 is 2.83 bits per heavy atom. The maximum atomic E-state index is 12.7. The standard InChI is InChI=1S/C8H8BrFO2/c9-5-8(7(11)12)3-1-2-6(10)4-8/h1-3H,4-5H2,(H,11,12)/p-1. The van der Waals surface area contributed by atoms with Crippen LogP contribution in [0.25, 0.3) is 0 Å². The number of halogens is 2. The third-order valence-electron chi connectivity index (χ3n) is 1.82. The van der Waals surface area contributed by atoms with E-state index >= 15 is 0 Å². The Balaban J connectivity index is 2.92. The van der Waals surface area contributed by atoms with Crippen molar-refractivity contribution in [3.8, 4) is 0 Å². The van der Waals surface area contributed by atoms with E-state index < -0.39 is 17.2 Å². The van der Waals surface area contributed by atoms with Crippen molar-refractivity contribution < 1.29 is 14.3 Å². The van der Waals surface area contributed by atoms with E-state index in [1.807, 2.05) is 0 Å². The molecule has 1 unspecified atom stereocenters. The molecule has 0 aliphatic heterocycles. The Labute approximate surface area is 77.9 Å². The summed E-state index contributed by atoms with van der Waals surface area (Å²) in [6.45, 7) is 0. The summed E-state index contributed by atoms with van der Waals surface area (Å²) in [5, 5.41) is 10.8. The number of carboxylic acids is 1. The monoisotopic (exact) mass is 233 g/mol. The van der Waals surface area contributed by atoms with Gasteiger partial charge in [-0.15, -0.1) is 0 Å². The second-order valence-corrected chi connectivity index (χ2v) is 3.29. The van der Waals surface area contributed by atoms with Gasteiger partial charge >= 0.3 is 0 Å². The molecule has 0 aromatic carbocycles. The quantitative estimate of drug-likeness (QED) is 0.667. The van der Waals surface area contributed by atoms with Gasteiger partial charge in [0.15, 0.2) is 0 Å². The molecule has 0 radical (unpaired) electrons. The topological polar surface area (TPSA) is 40.1 Å². The van der Waals surface area contributed by atoms with Gasteiger partial charge in [0.25, 0.3) is 0 Å². The Morgan fingerprint density at radius 2 is 2.50 bits per heavy atom. The van der Waals surface area contributed by atoms with Crippen LogP contribution in [0, 0.1) is 5.41 Å². The highest BCUT2D eigenvalue weighted by Gasteiger charge is 2.30. The van der Waals surface area contributed by atoms with Crippen LogP contribution in [-0.2, 0) is 4.79 Å². The van der Waals surface area contributed by atoms with E-state index in [-0.39, 0.29) is 11.8 Å². The molecular formula is C8H7BrFO2-. The average Bonchev–Trinajstić information content (AvgIpc) is 2.04. The maximum Gasteiger partial charge on any atom is 0.101 e. The smallest absolute Gasteiger partial charge is 0.101 e. The SMILES string of the molecule is O=C([O-])C1(CBr)C=CC=C(F)C1. The number of alkyl halides is 1. The van der Waals surface area contributed by atoms with E-state index in [2.05, 4.69) is 15.9 Å². The van der Waals surface area contributed by atoms with Crippen LogP contribution in [0.5, 0.6) is 0 Å². The molecule has 1 atom stereocenters. The van der Waals surface area contributed by atoms with Gasteiger partial charge in [-0.1, -0.05) is 28.1 Å². The van der Waals surface area contributed by atoms with Gasteiger partial charge in [-0.3, -0.25) is 0 Å². The molecule has 0 bridgehead atoms. The van der Waals surface area contributed by atoms with Crippen LogP contribution in [-0.4, -0.2) is 11.3 Å². The van der Waals surface area contributed by atoms with Crippen LogP contribution in [0.2, 0.25) is 0 Å². The van der Waals surface area contributed by atoms with Gasteiger partial charge in [0.1, 0.15) is 5.83 Å². The number of carbonyl (C=O) groups excluding carboxylic acids is 1. The maximum absolute atomic E-state index is 12.7. The summed E-state index contributed by atoms with van der Waals surface area (Å²) in [7, 11) is 0. The molecule has 0 heterocycles. The third-order valence-corrected chi connectivity index (χ3v) is 2.82. The van der Waals surface area contributed by atoms with Crippen molar-refractivity contribution in [3.05, 3.63) is 24.1 Å². The van der Waals surface area contributed by atoms with Crippen molar-refractivity contribution in [1.82, 2.24) is 0 Å². The van der Waals surface area contributed by atoms with Crippen LogP contribution in [0.3, 0.4) is 0 Å². The van der Waals surface area contributed by atoms with Gasteiger partial charge in [-0.25, -0.2) is 4.39 Å². The minimum Gasteiger partial charge on any atom is -0.549 e. The van der Waals surface area contributed by atoms with Crippen molar-refractivity contribution in [2.45, 2.75) is 6.42 Å². The van der Waals surface area contributed by atoms with E-state index in [4.69, 9.17) is 0 Å². The fraction of sp³-hybridized carbons (Fsp3) is 0.375. The van der Waals surface area contributed by atoms with Gasteiger partial charge in [0, 0.05) is 17.2 Å². The molecule has 1 rings (SSSR count). The highest BCUT2D eigenvalue weighted by Crippen LogP contribution is 2.33. The summed E-state index contributed by atoms with van der Waals surface area (Å²) in [6.07, 6.45) is 3.97. The first-order valence-corrected chi connectivity index (χ1v) is 4.54. The van der Waals surface area contributed by atoms with Crippen molar-refractivity contribution in [3.63, 3.8) is 0 Å². The Morgan fingerprint density at radius 1 is 1.83 bits per heavy atom. The van der Waals surface area contributed by atoms with E-state index in [9.17, 15) is 14.3 Å². The summed E-state index contributed by atoms with van der Waals surface area (Å²) >= 11 is 3.03. The number of hydrogen-bond donors (Lipinski definition) is 0. The number of hydrogen-bond acceptors (Lipinski definition) is 2. The minimum atomic E-state index is -1.25. The number of allylic oxidation sites excluding steroid dienone is 3. The second kappa shape index (κ2) is 3.39. The predicted molar refractivity (Wildman–Crippen MR) is 44.2 cm³/mol. The van der Waals surface area contributed by atoms with E-state index in [0.29, 0.717) is 0 Å². The Hall–Kier alpha value is -0.640. The number of rotatable bonds is 2. The molecule has 0 aromatic heterocycles. The molecule has 0 saturated carbocycles. The fourth-order valence-electron chi connectivity index (χ4n) is 1.04. The zero-order valence-electron chi connectivity index (χ0n) is 6.22. The van der Waals surface area contributed by atoms with Crippen LogP contribution in [0.1, 0.15) is 6.42 Å². The first kappa shape index (κ1) is 9.45. The summed E-state index contributed by atoms with van der Waals surface area (Å²) in [4.78, 5) is 10.7. The predicted octanol–water partition coefficient (Wildman–Crippen LogP) is 0.931. The van der Waals surface area contributed by atoms with Crippen molar-refractivity contribution >= 4 is 21.9 Å². The molecule has 0 amide bonds. The molecule has 0 N–H and O–H groups in total. The first-order valence-electron chi connectivity index (χ1n) is 3.42. The highest BCUT2D eigenvalue weighted by molar-refractivity contribution is 9.09. The van der Waals surface area contributed by atoms with Gasteiger partial charge in [0.2, 0.25) is 0 Å². The minimum absolute atomic E-state index is 0.128. The number of carbonyl (C=O) groups is 1. The molecule has 4 heteroatoms. The van der Waals surface area contributed by atoms with Crippen molar-refractivity contribution in [2.75, 3.05) is 5.33 Å². The highest BCUT2D eigenvalue weighted by atomic mass is 79.9. The first-order chi connectivity index (χ1) is 5.60. The molecular weight excluding hydrogens is 227 g/mol. The van der Waals surface area contributed by atoms with Gasteiger partial charge in [0.05, 0.1) is 5.97 Å². The second-order valence-electron chi connectivity index (χ2n) is 2.73. The van der Waals surface area contributed by atoms with Crippen molar-refractivity contribution in [1.29, 1.82) is 0 Å². The van der Waals surface area contributed by atoms with Gasteiger partial charge < -0.3 is 9.90 Å².